The summed E-state index contributed by atoms with van der Waals surface area (Å²) < 4.78 is 61.0. The monoisotopic (exact) mass is 262 g/mol. The molecule has 0 radical (unpaired) electrons. The average molecular weight is 262 g/mol. The van der Waals surface area contributed by atoms with Crippen LogP contribution in [-0.4, -0.2) is 37.6 Å². The smallest absolute Gasteiger partial charge is 0.346 e. The highest BCUT2D eigenvalue weighted by molar-refractivity contribution is 5.78. The fourth-order valence-corrected chi connectivity index (χ4v) is 0.808. The molecule has 0 aliphatic heterocycles. The Morgan fingerprint density at radius 1 is 1.12 bits per heavy atom. The predicted octanol–water partition coefficient (Wildman–Crippen LogP) is 1.55. The number of halogens is 5. The third-order valence-corrected chi connectivity index (χ3v) is 1.98. The highest BCUT2D eigenvalue weighted by Gasteiger charge is 2.33. The van der Waals surface area contributed by atoms with Crippen molar-refractivity contribution in [1.29, 1.82) is 0 Å². The topological polar surface area (TPSA) is 41.1 Å². The minimum Gasteiger partial charge on any atom is -0.346 e. The number of nitrogens with one attached hydrogen (secondary N) is 2. The number of amides is 1. The van der Waals surface area contributed by atoms with Crippen LogP contribution in [0.5, 0.6) is 0 Å². The van der Waals surface area contributed by atoms with E-state index in [9.17, 15) is 26.7 Å². The average Bonchev–Trinajstić information content (AvgIpc) is 2.13. The lowest BCUT2D eigenvalue weighted by atomic mass is 10.1. The molecule has 102 valence electrons. The normalized spacial score (nSPS) is 12.9. The predicted molar refractivity (Wildman–Crippen MR) is 51.7 cm³/mol. The summed E-state index contributed by atoms with van der Waals surface area (Å²) in [6.07, 6.45) is -4.50. The van der Waals surface area contributed by atoms with Gasteiger partial charge in [-0.25, -0.2) is 8.78 Å². The Bertz CT molecular complexity index is 252. The van der Waals surface area contributed by atoms with E-state index in [-0.39, 0.29) is 0 Å². The summed E-state index contributed by atoms with van der Waals surface area (Å²) in [4.78, 5) is 10.8. The fraction of sp³-hybridized carbons (Fsp3) is 0.889. The maximum absolute atomic E-state index is 13.0. The van der Waals surface area contributed by atoms with E-state index < -0.39 is 43.6 Å². The van der Waals surface area contributed by atoms with Crippen LogP contribution in [0.15, 0.2) is 0 Å². The molecule has 2 N–H and O–H groups in total. The van der Waals surface area contributed by atoms with Crippen molar-refractivity contribution in [2.75, 3.05) is 19.6 Å². The second-order valence-electron chi connectivity index (χ2n) is 3.91. The van der Waals surface area contributed by atoms with Crippen molar-refractivity contribution >= 4 is 5.91 Å². The molecule has 0 aromatic rings. The quantitative estimate of drug-likeness (QED) is 0.713. The Morgan fingerprint density at radius 2 is 1.65 bits per heavy atom. The highest BCUT2D eigenvalue weighted by atomic mass is 19.4. The molecule has 0 aromatic heterocycles. The lowest BCUT2D eigenvalue weighted by Gasteiger charge is -2.20. The van der Waals surface area contributed by atoms with E-state index in [2.05, 4.69) is 5.32 Å². The van der Waals surface area contributed by atoms with Gasteiger partial charge in [0.05, 0.1) is 13.1 Å². The molecule has 3 nitrogen and oxygen atoms in total. The molecule has 8 heteroatoms. The van der Waals surface area contributed by atoms with Crippen molar-refractivity contribution in [2.45, 2.75) is 25.9 Å². The second-order valence-corrected chi connectivity index (χ2v) is 3.91. The van der Waals surface area contributed by atoms with Gasteiger partial charge in [0, 0.05) is 5.92 Å². The van der Waals surface area contributed by atoms with Gasteiger partial charge in [-0.3, -0.25) is 4.79 Å². The number of hydrogen-bond donors (Lipinski definition) is 2. The number of alkyl halides is 5. The molecule has 0 aromatic carbocycles. The van der Waals surface area contributed by atoms with E-state index in [1.807, 2.05) is 0 Å². The van der Waals surface area contributed by atoms with Crippen LogP contribution in [0, 0.1) is 5.92 Å². The van der Waals surface area contributed by atoms with Crippen LogP contribution in [0.4, 0.5) is 22.0 Å². The van der Waals surface area contributed by atoms with E-state index in [0.29, 0.717) is 0 Å². The van der Waals surface area contributed by atoms with Gasteiger partial charge in [-0.05, 0) is 0 Å². The molecule has 0 bridgehead atoms. The minimum absolute atomic E-state index is 0.571. The molecule has 0 rings (SSSR count). The van der Waals surface area contributed by atoms with Gasteiger partial charge in [-0.15, -0.1) is 0 Å². The van der Waals surface area contributed by atoms with Gasteiger partial charge in [0.1, 0.15) is 6.54 Å². The van der Waals surface area contributed by atoms with E-state index in [1.165, 1.54) is 13.8 Å². The number of rotatable bonds is 6. The molecular formula is C9H15F5N2O. The first-order valence-corrected chi connectivity index (χ1v) is 4.96. The van der Waals surface area contributed by atoms with Crippen LogP contribution in [0.25, 0.3) is 0 Å². The van der Waals surface area contributed by atoms with E-state index in [4.69, 9.17) is 0 Å². The SMILES string of the molecule is CC(C)C(F)(F)CNCC(=O)NCC(F)(F)F. The van der Waals surface area contributed by atoms with Gasteiger partial charge in [-0.2, -0.15) is 13.2 Å². The molecule has 0 aliphatic rings. The van der Waals surface area contributed by atoms with Crippen LogP contribution in [0.2, 0.25) is 0 Å². The molecule has 17 heavy (non-hydrogen) atoms. The Labute approximate surface area is 95.7 Å². The third-order valence-electron chi connectivity index (χ3n) is 1.98. The summed E-state index contributed by atoms with van der Waals surface area (Å²) in [7, 11) is 0. The maximum Gasteiger partial charge on any atom is 0.405 e. The Hall–Kier alpha value is -0.920. The molecule has 0 aliphatic carbocycles. The maximum atomic E-state index is 13.0. The summed E-state index contributed by atoms with van der Waals surface area (Å²) in [5.41, 5.74) is 0. The Morgan fingerprint density at radius 3 is 2.06 bits per heavy atom. The van der Waals surface area contributed by atoms with E-state index in [1.54, 1.807) is 5.32 Å². The van der Waals surface area contributed by atoms with Crippen LogP contribution in [0.1, 0.15) is 13.8 Å². The van der Waals surface area contributed by atoms with E-state index >= 15 is 0 Å². The molecule has 0 saturated carbocycles. The summed E-state index contributed by atoms with van der Waals surface area (Å²) >= 11 is 0. The summed E-state index contributed by atoms with van der Waals surface area (Å²) in [5.74, 6) is -4.88. The van der Waals surface area contributed by atoms with E-state index in [0.717, 1.165) is 0 Å². The van der Waals surface area contributed by atoms with Crippen molar-refractivity contribution in [1.82, 2.24) is 10.6 Å². The summed E-state index contributed by atoms with van der Waals surface area (Å²) in [6, 6.07) is 0. The largest absolute Gasteiger partial charge is 0.405 e. The lowest BCUT2D eigenvalue weighted by Crippen LogP contribution is -2.43. The van der Waals surface area contributed by atoms with Crippen molar-refractivity contribution in [3.05, 3.63) is 0 Å². The molecule has 0 heterocycles. The van der Waals surface area contributed by atoms with Crippen molar-refractivity contribution in [3.63, 3.8) is 0 Å². The van der Waals surface area contributed by atoms with Gasteiger partial charge in [-0.1, -0.05) is 13.8 Å². The van der Waals surface area contributed by atoms with Crippen LogP contribution >= 0.6 is 0 Å². The summed E-state index contributed by atoms with van der Waals surface area (Å²) in [6.45, 7) is -0.159. The molecule has 0 spiro atoms. The van der Waals surface area contributed by atoms with Gasteiger partial charge < -0.3 is 10.6 Å². The fourth-order valence-electron chi connectivity index (χ4n) is 0.808. The summed E-state index contributed by atoms with van der Waals surface area (Å²) in [5, 5.41) is 3.68. The number of carbonyl (C=O) groups excluding carboxylic acids is 1. The molecule has 0 fully saturated rings. The zero-order valence-corrected chi connectivity index (χ0v) is 9.50. The second kappa shape index (κ2) is 6.13. The number of hydrogen-bond acceptors (Lipinski definition) is 2. The zero-order valence-electron chi connectivity index (χ0n) is 9.50. The van der Waals surface area contributed by atoms with Gasteiger partial charge in [0.25, 0.3) is 5.92 Å². The third kappa shape index (κ3) is 7.89. The molecule has 0 saturated heterocycles. The van der Waals surface area contributed by atoms with Gasteiger partial charge >= 0.3 is 6.18 Å². The standard InChI is InChI=1S/C9H15F5N2O/c1-6(2)8(10,11)4-15-3-7(17)16-5-9(12,13)14/h6,15H,3-5H2,1-2H3,(H,16,17). The molecule has 0 unspecified atom stereocenters. The van der Waals surface area contributed by atoms with Crippen LogP contribution in [0.3, 0.4) is 0 Å². The molecule has 1 amide bonds. The lowest BCUT2D eigenvalue weighted by molar-refractivity contribution is -0.138. The first-order chi connectivity index (χ1) is 7.54. The molecular weight excluding hydrogens is 247 g/mol. The Balaban J connectivity index is 3.80. The highest BCUT2D eigenvalue weighted by Crippen LogP contribution is 2.22. The molecule has 0 atom stereocenters. The van der Waals surface area contributed by atoms with Crippen LogP contribution in [-0.2, 0) is 4.79 Å². The minimum atomic E-state index is -4.50. The number of carbonyl (C=O) groups is 1. The van der Waals surface area contributed by atoms with Crippen molar-refractivity contribution < 1.29 is 26.7 Å². The van der Waals surface area contributed by atoms with Crippen molar-refractivity contribution in [2.24, 2.45) is 5.92 Å². The zero-order chi connectivity index (χ0) is 13.7. The van der Waals surface area contributed by atoms with Gasteiger partial charge in [0.2, 0.25) is 5.91 Å². The van der Waals surface area contributed by atoms with Crippen molar-refractivity contribution in [3.8, 4) is 0 Å². The van der Waals surface area contributed by atoms with Crippen LogP contribution < -0.4 is 10.6 Å². The first-order valence-electron chi connectivity index (χ1n) is 4.96. The first kappa shape index (κ1) is 16.1. The Kier molecular flexibility index (Phi) is 5.80. The van der Waals surface area contributed by atoms with Gasteiger partial charge in [0.15, 0.2) is 0 Å².